The molecule has 0 radical (unpaired) electrons. The minimum Gasteiger partial charge on any atom is -0.483 e. The van der Waals surface area contributed by atoms with Gasteiger partial charge in [0, 0.05) is 5.69 Å². The molecule has 2 aromatic rings. The average molecular weight is 283 g/mol. The summed E-state index contributed by atoms with van der Waals surface area (Å²) in [6, 6.07) is 15.5. The Morgan fingerprint density at radius 2 is 1.76 bits per heavy atom. The molecule has 110 valence electrons. The average Bonchev–Trinajstić information content (AvgIpc) is 2.48. The summed E-state index contributed by atoms with van der Waals surface area (Å²) in [6.07, 6.45) is 0. The van der Waals surface area contributed by atoms with Crippen molar-refractivity contribution in [3.63, 3.8) is 0 Å². The van der Waals surface area contributed by atoms with Crippen LogP contribution in [0, 0.1) is 6.92 Å². The van der Waals surface area contributed by atoms with E-state index in [4.69, 9.17) is 4.74 Å². The molecule has 0 heterocycles. The van der Waals surface area contributed by atoms with Crippen molar-refractivity contribution in [2.75, 3.05) is 11.9 Å². The predicted octanol–water partition coefficient (Wildman–Crippen LogP) is 4.14. The van der Waals surface area contributed by atoms with E-state index in [0.29, 0.717) is 5.92 Å². The molecule has 0 spiro atoms. The van der Waals surface area contributed by atoms with Crippen LogP contribution in [0.15, 0.2) is 48.5 Å². The largest absolute Gasteiger partial charge is 0.483 e. The van der Waals surface area contributed by atoms with E-state index in [1.165, 1.54) is 0 Å². The number of ether oxygens (including phenoxy) is 1. The van der Waals surface area contributed by atoms with Crippen LogP contribution in [0.3, 0.4) is 0 Å². The summed E-state index contributed by atoms with van der Waals surface area (Å²) in [5.41, 5.74) is 2.97. The molecular weight excluding hydrogens is 262 g/mol. The van der Waals surface area contributed by atoms with Gasteiger partial charge in [0.05, 0.1) is 0 Å². The van der Waals surface area contributed by atoms with E-state index >= 15 is 0 Å². The summed E-state index contributed by atoms with van der Waals surface area (Å²) in [5.74, 6) is 0.982. The molecule has 1 N–H and O–H groups in total. The molecular formula is C18H21NO2. The highest BCUT2D eigenvalue weighted by Crippen LogP contribution is 2.25. The van der Waals surface area contributed by atoms with E-state index in [0.717, 1.165) is 22.6 Å². The van der Waals surface area contributed by atoms with Crippen molar-refractivity contribution in [2.45, 2.75) is 26.7 Å². The third kappa shape index (κ3) is 4.09. The second-order valence-corrected chi connectivity index (χ2v) is 5.34. The first-order chi connectivity index (χ1) is 10.1. The number of anilines is 1. The number of carbonyl (C=O) groups excluding carboxylic acids is 1. The fourth-order valence-electron chi connectivity index (χ4n) is 2.13. The van der Waals surface area contributed by atoms with E-state index in [1.807, 2.05) is 55.5 Å². The lowest BCUT2D eigenvalue weighted by molar-refractivity contribution is -0.118. The fraction of sp³-hybridized carbons (Fsp3) is 0.278. The van der Waals surface area contributed by atoms with Gasteiger partial charge < -0.3 is 10.1 Å². The highest BCUT2D eigenvalue weighted by molar-refractivity contribution is 5.92. The van der Waals surface area contributed by atoms with Crippen LogP contribution in [0.1, 0.15) is 30.9 Å². The molecule has 0 aliphatic rings. The Labute approximate surface area is 126 Å². The maximum Gasteiger partial charge on any atom is 0.262 e. The quantitative estimate of drug-likeness (QED) is 0.895. The number of rotatable bonds is 5. The van der Waals surface area contributed by atoms with E-state index in [9.17, 15) is 4.79 Å². The summed E-state index contributed by atoms with van der Waals surface area (Å²) >= 11 is 0. The summed E-state index contributed by atoms with van der Waals surface area (Å²) in [4.78, 5) is 12.0. The predicted molar refractivity (Wildman–Crippen MR) is 85.8 cm³/mol. The molecule has 0 aromatic heterocycles. The molecule has 3 nitrogen and oxygen atoms in total. The summed E-state index contributed by atoms with van der Waals surface area (Å²) < 4.78 is 5.66. The van der Waals surface area contributed by atoms with Gasteiger partial charge in [-0.3, -0.25) is 4.79 Å². The molecule has 0 fully saturated rings. The van der Waals surface area contributed by atoms with Crippen molar-refractivity contribution < 1.29 is 9.53 Å². The van der Waals surface area contributed by atoms with Crippen molar-refractivity contribution in [2.24, 2.45) is 0 Å². The number of carbonyl (C=O) groups is 1. The van der Waals surface area contributed by atoms with E-state index in [1.54, 1.807) is 0 Å². The third-order valence-electron chi connectivity index (χ3n) is 3.32. The minimum absolute atomic E-state index is 0.0120. The summed E-state index contributed by atoms with van der Waals surface area (Å²) in [5, 5.41) is 2.87. The number of amides is 1. The molecule has 0 saturated carbocycles. The molecule has 0 bridgehead atoms. The molecule has 0 aliphatic heterocycles. The molecule has 0 atom stereocenters. The highest BCUT2D eigenvalue weighted by Gasteiger charge is 2.09. The normalized spacial score (nSPS) is 10.5. The Kier molecular flexibility index (Phi) is 4.99. The van der Waals surface area contributed by atoms with Gasteiger partial charge in [-0.05, 0) is 36.1 Å². The lowest BCUT2D eigenvalue weighted by Gasteiger charge is -2.14. The first-order valence-corrected chi connectivity index (χ1v) is 7.15. The Morgan fingerprint density at radius 3 is 2.48 bits per heavy atom. The monoisotopic (exact) mass is 283 g/mol. The van der Waals surface area contributed by atoms with Crippen molar-refractivity contribution in [1.82, 2.24) is 0 Å². The Morgan fingerprint density at radius 1 is 1.10 bits per heavy atom. The second-order valence-electron chi connectivity index (χ2n) is 5.34. The number of hydrogen-bond acceptors (Lipinski definition) is 2. The van der Waals surface area contributed by atoms with Crippen LogP contribution >= 0.6 is 0 Å². The number of aryl methyl sites for hydroxylation is 1. The number of hydrogen-bond donors (Lipinski definition) is 1. The van der Waals surface area contributed by atoms with Gasteiger partial charge in [0.2, 0.25) is 0 Å². The maximum atomic E-state index is 12.0. The topological polar surface area (TPSA) is 38.3 Å². The fourth-order valence-corrected chi connectivity index (χ4v) is 2.13. The molecule has 0 unspecified atom stereocenters. The van der Waals surface area contributed by atoms with Crippen LogP contribution in [0.2, 0.25) is 0 Å². The van der Waals surface area contributed by atoms with E-state index in [-0.39, 0.29) is 12.5 Å². The van der Waals surface area contributed by atoms with Crippen molar-refractivity contribution >= 4 is 11.6 Å². The Hall–Kier alpha value is -2.29. The van der Waals surface area contributed by atoms with Gasteiger partial charge in [-0.15, -0.1) is 0 Å². The van der Waals surface area contributed by atoms with Crippen LogP contribution in [0.4, 0.5) is 5.69 Å². The lowest BCUT2D eigenvalue weighted by Crippen LogP contribution is -2.21. The van der Waals surface area contributed by atoms with Gasteiger partial charge in [-0.1, -0.05) is 50.2 Å². The molecule has 0 saturated heterocycles. The van der Waals surface area contributed by atoms with Gasteiger partial charge in [-0.25, -0.2) is 0 Å². The van der Waals surface area contributed by atoms with Crippen LogP contribution in [-0.2, 0) is 4.79 Å². The first kappa shape index (κ1) is 15.1. The number of benzene rings is 2. The number of nitrogens with one attached hydrogen (secondary N) is 1. The van der Waals surface area contributed by atoms with Crippen LogP contribution in [0.5, 0.6) is 5.75 Å². The maximum absolute atomic E-state index is 12.0. The minimum atomic E-state index is -0.150. The molecule has 21 heavy (non-hydrogen) atoms. The van der Waals surface area contributed by atoms with Gasteiger partial charge in [0.15, 0.2) is 6.61 Å². The van der Waals surface area contributed by atoms with Gasteiger partial charge in [0.1, 0.15) is 5.75 Å². The van der Waals surface area contributed by atoms with Crippen LogP contribution in [0.25, 0.3) is 0 Å². The molecule has 3 heteroatoms. The van der Waals surface area contributed by atoms with Crippen molar-refractivity contribution in [3.8, 4) is 5.75 Å². The third-order valence-corrected chi connectivity index (χ3v) is 3.32. The van der Waals surface area contributed by atoms with Gasteiger partial charge in [0.25, 0.3) is 5.91 Å². The summed E-state index contributed by atoms with van der Waals surface area (Å²) in [7, 11) is 0. The van der Waals surface area contributed by atoms with Crippen LogP contribution in [-0.4, -0.2) is 12.5 Å². The Balaban J connectivity index is 1.97. The summed E-state index contributed by atoms with van der Waals surface area (Å²) in [6.45, 7) is 6.19. The van der Waals surface area contributed by atoms with Gasteiger partial charge >= 0.3 is 0 Å². The molecule has 0 aliphatic carbocycles. The van der Waals surface area contributed by atoms with E-state index in [2.05, 4.69) is 19.2 Å². The smallest absolute Gasteiger partial charge is 0.262 e. The lowest BCUT2D eigenvalue weighted by atomic mass is 10.0. The Bertz CT molecular complexity index is 620. The first-order valence-electron chi connectivity index (χ1n) is 7.15. The number of para-hydroxylation sites is 2. The van der Waals surface area contributed by atoms with Gasteiger partial charge in [-0.2, -0.15) is 0 Å². The highest BCUT2D eigenvalue weighted by atomic mass is 16.5. The zero-order valence-corrected chi connectivity index (χ0v) is 12.7. The standard InChI is InChI=1S/C18H21NO2/c1-13(2)15-9-5-7-11-17(15)21-12-18(20)19-16-10-6-4-8-14(16)3/h4-11,13H,12H2,1-3H3,(H,19,20). The zero-order chi connectivity index (χ0) is 15.2. The van der Waals surface area contributed by atoms with E-state index < -0.39 is 0 Å². The van der Waals surface area contributed by atoms with Crippen molar-refractivity contribution in [1.29, 1.82) is 0 Å². The molecule has 2 aromatic carbocycles. The van der Waals surface area contributed by atoms with Crippen molar-refractivity contribution in [3.05, 3.63) is 59.7 Å². The second kappa shape index (κ2) is 6.93. The molecule has 1 amide bonds. The SMILES string of the molecule is Cc1ccccc1NC(=O)COc1ccccc1C(C)C. The van der Waals surface area contributed by atoms with Crippen LogP contribution < -0.4 is 10.1 Å². The zero-order valence-electron chi connectivity index (χ0n) is 12.7. The molecule has 2 rings (SSSR count).